The van der Waals surface area contributed by atoms with Crippen LogP contribution >= 0.6 is 0 Å². The van der Waals surface area contributed by atoms with Gasteiger partial charge in [0.05, 0.1) is 16.8 Å². The topological polar surface area (TPSA) is 29.5 Å². The van der Waals surface area contributed by atoms with Gasteiger partial charge in [-0.2, -0.15) is 0 Å². The van der Waals surface area contributed by atoms with Crippen molar-refractivity contribution < 1.29 is 8.83 Å². The molecule has 0 aliphatic carbocycles. The number of benzene rings is 9. The molecule has 11 aromatic rings. The summed E-state index contributed by atoms with van der Waals surface area (Å²) in [5.41, 5.74) is 11.0. The van der Waals surface area contributed by atoms with Crippen LogP contribution in [0.5, 0.6) is 0 Å². The van der Waals surface area contributed by atoms with Crippen molar-refractivity contribution in [2.75, 3.05) is 4.90 Å². The van der Waals surface area contributed by atoms with Crippen LogP contribution in [0.2, 0.25) is 0 Å². The Kier molecular flexibility index (Phi) is 6.55. The lowest BCUT2D eigenvalue weighted by Crippen LogP contribution is -2.11. The smallest absolute Gasteiger partial charge is 0.145 e. The number of para-hydroxylation sites is 2. The first-order valence-electron chi connectivity index (χ1n) is 18.0. The first kappa shape index (κ1) is 29.6. The third-order valence-electron chi connectivity index (χ3n) is 10.7. The number of anilines is 3. The number of fused-ring (bicyclic) bond motifs is 9. The second-order valence-electron chi connectivity index (χ2n) is 13.6. The van der Waals surface area contributed by atoms with E-state index in [-0.39, 0.29) is 0 Å². The van der Waals surface area contributed by atoms with Gasteiger partial charge in [0, 0.05) is 44.4 Å². The van der Waals surface area contributed by atoms with E-state index in [0.29, 0.717) is 0 Å². The first-order chi connectivity index (χ1) is 26.3. The van der Waals surface area contributed by atoms with E-state index in [0.717, 1.165) is 88.6 Å². The number of hydrogen-bond acceptors (Lipinski definition) is 3. The quantitative estimate of drug-likeness (QED) is 0.170. The van der Waals surface area contributed by atoms with Crippen LogP contribution in [0, 0.1) is 0 Å². The van der Waals surface area contributed by atoms with Crippen LogP contribution < -0.4 is 4.90 Å². The highest BCUT2D eigenvalue weighted by Gasteiger charge is 2.24. The van der Waals surface area contributed by atoms with Gasteiger partial charge in [-0.3, -0.25) is 0 Å². The van der Waals surface area contributed by atoms with Gasteiger partial charge in [-0.15, -0.1) is 0 Å². The molecule has 0 unspecified atom stereocenters. The fourth-order valence-corrected chi connectivity index (χ4v) is 8.24. The van der Waals surface area contributed by atoms with Crippen LogP contribution in [0.15, 0.2) is 197 Å². The van der Waals surface area contributed by atoms with Gasteiger partial charge in [0.2, 0.25) is 0 Å². The van der Waals surface area contributed by atoms with E-state index in [4.69, 9.17) is 8.83 Å². The van der Waals surface area contributed by atoms with Gasteiger partial charge < -0.3 is 13.7 Å². The first-order valence-corrected chi connectivity index (χ1v) is 18.0. The van der Waals surface area contributed by atoms with Crippen LogP contribution in [-0.4, -0.2) is 0 Å². The van der Waals surface area contributed by atoms with Crippen molar-refractivity contribution in [3.8, 4) is 22.3 Å². The summed E-state index contributed by atoms with van der Waals surface area (Å²) in [5.74, 6) is 0. The lowest BCUT2D eigenvalue weighted by Gasteiger charge is -2.28. The summed E-state index contributed by atoms with van der Waals surface area (Å²) >= 11 is 0. The zero-order valence-electron chi connectivity index (χ0n) is 28.7. The van der Waals surface area contributed by atoms with Crippen LogP contribution in [0.4, 0.5) is 17.1 Å². The molecule has 0 N–H and O–H groups in total. The minimum absolute atomic E-state index is 0.839. The molecule has 3 heteroatoms. The van der Waals surface area contributed by atoms with Crippen molar-refractivity contribution in [1.82, 2.24) is 0 Å². The van der Waals surface area contributed by atoms with E-state index in [1.54, 1.807) is 0 Å². The monoisotopic (exact) mass is 677 g/mol. The molecule has 0 atom stereocenters. The fraction of sp³-hybridized carbons (Fsp3) is 0. The Morgan fingerprint density at radius 1 is 0.340 bits per heavy atom. The molecule has 11 rings (SSSR count). The van der Waals surface area contributed by atoms with Gasteiger partial charge >= 0.3 is 0 Å². The summed E-state index contributed by atoms with van der Waals surface area (Å²) in [4.78, 5) is 2.39. The molecule has 2 heterocycles. The minimum Gasteiger partial charge on any atom is -0.455 e. The Morgan fingerprint density at radius 2 is 0.981 bits per heavy atom. The van der Waals surface area contributed by atoms with Crippen LogP contribution in [-0.2, 0) is 0 Å². The molecule has 3 nitrogen and oxygen atoms in total. The Balaban J connectivity index is 1.22. The Hall–Kier alpha value is -7.10. The second-order valence-corrected chi connectivity index (χ2v) is 13.6. The summed E-state index contributed by atoms with van der Waals surface area (Å²) < 4.78 is 13.6. The van der Waals surface area contributed by atoms with Crippen LogP contribution in [0.1, 0.15) is 0 Å². The van der Waals surface area contributed by atoms with E-state index in [1.807, 2.05) is 12.1 Å². The largest absolute Gasteiger partial charge is 0.455 e. The SMILES string of the molecule is c1ccc(-c2cccc3c2oc2cc(N(c4cccc5c4ccc4ccccc45)c4ccc(-c5ccccc5)c5oc6ccccc6c45)ccc23)cc1. The van der Waals surface area contributed by atoms with Crippen molar-refractivity contribution in [1.29, 1.82) is 0 Å². The zero-order chi connectivity index (χ0) is 34.9. The average molecular weight is 678 g/mol. The molecular formula is C50H31NO2. The molecule has 248 valence electrons. The Morgan fingerprint density at radius 3 is 1.81 bits per heavy atom. The second kappa shape index (κ2) is 11.7. The molecule has 0 aliphatic rings. The predicted octanol–water partition coefficient (Wildman–Crippen LogP) is 14.6. The van der Waals surface area contributed by atoms with E-state index < -0.39 is 0 Å². The molecule has 0 saturated heterocycles. The highest BCUT2D eigenvalue weighted by atomic mass is 16.3. The maximum Gasteiger partial charge on any atom is 0.145 e. The third kappa shape index (κ3) is 4.61. The predicted molar refractivity (Wildman–Crippen MR) is 222 cm³/mol. The zero-order valence-corrected chi connectivity index (χ0v) is 28.7. The number of furan rings is 2. The number of hydrogen-bond donors (Lipinski definition) is 0. The van der Waals surface area contributed by atoms with Gasteiger partial charge in [-0.05, 0) is 63.7 Å². The molecule has 0 saturated carbocycles. The summed E-state index contributed by atoms with van der Waals surface area (Å²) in [6, 6.07) is 66.6. The molecule has 9 aromatic carbocycles. The molecule has 0 spiro atoms. The number of nitrogens with zero attached hydrogens (tertiary/aromatic N) is 1. The van der Waals surface area contributed by atoms with Crippen molar-refractivity contribution in [2.24, 2.45) is 0 Å². The normalized spacial score (nSPS) is 11.8. The molecule has 0 bridgehead atoms. The molecular weight excluding hydrogens is 647 g/mol. The van der Waals surface area contributed by atoms with Gasteiger partial charge in [0.25, 0.3) is 0 Å². The minimum atomic E-state index is 0.839. The highest BCUT2D eigenvalue weighted by Crippen LogP contribution is 2.49. The van der Waals surface area contributed by atoms with Crippen molar-refractivity contribution in [3.63, 3.8) is 0 Å². The molecule has 0 fully saturated rings. The van der Waals surface area contributed by atoms with Gasteiger partial charge in [-0.25, -0.2) is 0 Å². The molecule has 0 amide bonds. The van der Waals surface area contributed by atoms with Gasteiger partial charge in [-0.1, -0.05) is 146 Å². The Bertz CT molecular complexity index is 3170. The molecule has 2 aromatic heterocycles. The standard InChI is InChI=1S/C50H31NO2/c1-3-13-32(14-4-1)37-20-11-22-42-41-28-26-35(31-47(41)53-49(37)42)51(44-23-12-21-39-36-18-8-7-17-34(36)25-27-40(39)44)45-30-29-38(33-15-5-2-6-16-33)50-48(45)43-19-9-10-24-46(43)52-50/h1-31H. The van der Waals surface area contributed by atoms with E-state index in [1.165, 1.54) is 16.2 Å². The molecule has 53 heavy (non-hydrogen) atoms. The maximum atomic E-state index is 6.82. The lowest BCUT2D eigenvalue weighted by atomic mass is 9.97. The molecule has 0 aliphatic heterocycles. The average Bonchev–Trinajstić information content (AvgIpc) is 3.80. The van der Waals surface area contributed by atoms with Crippen molar-refractivity contribution in [3.05, 3.63) is 188 Å². The highest BCUT2D eigenvalue weighted by molar-refractivity contribution is 6.20. The van der Waals surface area contributed by atoms with E-state index in [2.05, 4.69) is 181 Å². The maximum absolute atomic E-state index is 6.82. The van der Waals surface area contributed by atoms with E-state index >= 15 is 0 Å². The summed E-state index contributed by atoms with van der Waals surface area (Å²) in [6.45, 7) is 0. The summed E-state index contributed by atoms with van der Waals surface area (Å²) in [7, 11) is 0. The molecule has 0 radical (unpaired) electrons. The summed E-state index contributed by atoms with van der Waals surface area (Å²) in [5, 5.41) is 9.14. The lowest BCUT2D eigenvalue weighted by molar-refractivity contribution is 0.670. The van der Waals surface area contributed by atoms with Gasteiger partial charge in [0.1, 0.15) is 22.3 Å². The van der Waals surface area contributed by atoms with Crippen LogP contribution in [0.3, 0.4) is 0 Å². The van der Waals surface area contributed by atoms with Crippen molar-refractivity contribution in [2.45, 2.75) is 0 Å². The third-order valence-corrected chi connectivity index (χ3v) is 10.7. The number of rotatable bonds is 5. The Labute approximate surface area is 305 Å². The van der Waals surface area contributed by atoms with Crippen LogP contribution in [0.25, 0.3) is 87.7 Å². The van der Waals surface area contributed by atoms with Crippen molar-refractivity contribution >= 4 is 82.5 Å². The summed E-state index contributed by atoms with van der Waals surface area (Å²) in [6.07, 6.45) is 0. The van der Waals surface area contributed by atoms with E-state index in [9.17, 15) is 0 Å². The van der Waals surface area contributed by atoms with Gasteiger partial charge in [0.15, 0.2) is 0 Å². The fourth-order valence-electron chi connectivity index (χ4n) is 8.24.